The lowest BCUT2D eigenvalue weighted by Crippen LogP contribution is -2.18. The molecule has 0 N–H and O–H groups in total. The van der Waals surface area contributed by atoms with Gasteiger partial charge in [0.05, 0.1) is 0 Å². The van der Waals surface area contributed by atoms with E-state index in [0.29, 0.717) is 6.42 Å². The number of hydrogen-bond donors (Lipinski definition) is 0. The van der Waals surface area contributed by atoms with Crippen LogP contribution in [0, 0.1) is 0 Å². The molecule has 1 aliphatic rings. The minimum absolute atomic E-state index is 0.0259. The summed E-state index contributed by atoms with van der Waals surface area (Å²) in [6, 6.07) is 0. The molecule has 0 amide bonds. The smallest absolute Gasteiger partial charge is 0.306 e. The Morgan fingerprint density at radius 3 is 1.96 bits per heavy atom. The second-order valence-electron chi connectivity index (χ2n) is 7.11. The Morgan fingerprint density at radius 1 is 0.870 bits per heavy atom. The molecule has 0 aromatic rings. The van der Waals surface area contributed by atoms with E-state index in [9.17, 15) is 4.79 Å². The molecular weight excluding hydrogens is 284 g/mol. The first-order valence-electron chi connectivity index (χ1n) is 10.1. The molecule has 1 aliphatic heterocycles. The number of ether oxygens (including phenoxy) is 1. The first-order chi connectivity index (χ1) is 11.3. The van der Waals surface area contributed by atoms with E-state index in [1.165, 1.54) is 70.6 Å². The quantitative estimate of drug-likeness (QED) is 0.326. The van der Waals surface area contributed by atoms with Gasteiger partial charge in [-0.1, -0.05) is 70.3 Å². The molecule has 1 heterocycles. The van der Waals surface area contributed by atoms with E-state index in [-0.39, 0.29) is 12.1 Å². The predicted octanol–water partition coefficient (Wildman–Crippen LogP) is 6.73. The van der Waals surface area contributed by atoms with Crippen molar-refractivity contribution in [1.29, 1.82) is 0 Å². The summed E-state index contributed by atoms with van der Waals surface area (Å²) in [6.07, 6.45) is 22.4. The third-order valence-corrected chi connectivity index (χ3v) is 4.89. The fourth-order valence-corrected chi connectivity index (χ4v) is 3.41. The van der Waals surface area contributed by atoms with Gasteiger partial charge < -0.3 is 4.74 Å². The van der Waals surface area contributed by atoms with Crippen LogP contribution in [-0.4, -0.2) is 12.1 Å². The van der Waals surface area contributed by atoms with Crippen molar-refractivity contribution in [3.63, 3.8) is 0 Å². The van der Waals surface area contributed by atoms with Crippen molar-refractivity contribution in [3.8, 4) is 0 Å². The largest absolute Gasteiger partial charge is 0.462 e. The molecule has 0 aromatic carbocycles. The molecule has 1 atom stereocenters. The van der Waals surface area contributed by atoms with Gasteiger partial charge in [-0.2, -0.15) is 0 Å². The van der Waals surface area contributed by atoms with E-state index in [1.807, 2.05) is 6.08 Å². The highest BCUT2D eigenvalue weighted by Gasteiger charge is 2.14. The van der Waals surface area contributed by atoms with Crippen LogP contribution >= 0.6 is 0 Å². The Bertz CT molecular complexity index is 298. The first-order valence-corrected chi connectivity index (χ1v) is 10.1. The lowest BCUT2D eigenvalue weighted by Gasteiger charge is -2.18. The van der Waals surface area contributed by atoms with E-state index in [2.05, 4.69) is 6.58 Å². The topological polar surface area (TPSA) is 26.3 Å². The van der Waals surface area contributed by atoms with Gasteiger partial charge in [0, 0.05) is 6.42 Å². The van der Waals surface area contributed by atoms with E-state index in [0.717, 1.165) is 32.1 Å². The van der Waals surface area contributed by atoms with Crippen LogP contribution in [0.15, 0.2) is 12.7 Å². The number of unbranched alkanes of at least 4 members (excludes halogenated alkanes) is 1. The molecule has 23 heavy (non-hydrogen) atoms. The van der Waals surface area contributed by atoms with Crippen LogP contribution < -0.4 is 0 Å². The molecule has 134 valence electrons. The Labute approximate surface area is 144 Å². The van der Waals surface area contributed by atoms with Gasteiger partial charge in [-0.05, 0) is 38.5 Å². The summed E-state index contributed by atoms with van der Waals surface area (Å²) in [7, 11) is 0. The van der Waals surface area contributed by atoms with E-state index < -0.39 is 0 Å². The molecule has 1 unspecified atom stereocenters. The first kappa shape index (κ1) is 20.3. The minimum atomic E-state index is 0.0259. The molecule has 2 nitrogen and oxygen atoms in total. The molecule has 0 saturated carbocycles. The van der Waals surface area contributed by atoms with Crippen LogP contribution in [-0.2, 0) is 9.53 Å². The molecule has 0 bridgehead atoms. The SMILES string of the molecule is C=CCCCC1CCCCCCCCCCCCCCC(=O)O1. The Morgan fingerprint density at radius 2 is 1.39 bits per heavy atom. The molecule has 1 saturated heterocycles. The van der Waals surface area contributed by atoms with Gasteiger partial charge in [0.1, 0.15) is 6.10 Å². The van der Waals surface area contributed by atoms with Crippen LogP contribution in [0.2, 0.25) is 0 Å². The Hall–Kier alpha value is -0.790. The third-order valence-electron chi connectivity index (χ3n) is 4.89. The summed E-state index contributed by atoms with van der Waals surface area (Å²) in [4.78, 5) is 12.0. The van der Waals surface area contributed by atoms with Crippen molar-refractivity contribution in [1.82, 2.24) is 0 Å². The zero-order chi connectivity index (χ0) is 16.6. The monoisotopic (exact) mass is 322 g/mol. The normalized spacial score (nSPS) is 23.7. The summed E-state index contributed by atoms with van der Waals surface area (Å²) in [5.74, 6) is 0.0259. The lowest BCUT2D eigenvalue weighted by atomic mass is 10.0. The summed E-state index contributed by atoms with van der Waals surface area (Å²) >= 11 is 0. The van der Waals surface area contributed by atoms with Gasteiger partial charge in [0.15, 0.2) is 0 Å². The van der Waals surface area contributed by atoms with Gasteiger partial charge >= 0.3 is 5.97 Å². The maximum Gasteiger partial charge on any atom is 0.306 e. The zero-order valence-corrected chi connectivity index (χ0v) is 15.2. The number of rotatable bonds is 4. The van der Waals surface area contributed by atoms with Crippen LogP contribution in [0.3, 0.4) is 0 Å². The average Bonchev–Trinajstić information content (AvgIpc) is 2.54. The number of carbonyl (C=O) groups excluding carboxylic acids is 1. The molecule has 1 fully saturated rings. The third kappa shape index (κ3) is 12.3. The van der Waals surface area contributed by atoms with Crippen molar-refractivity contribution in [2.75, 3.05) is 0 Å². The maximum absolute atomic E-state index is 12.0. The zero-order valence-electron chi connectivity index (χ0n) is 15.2. The Kier molecular flexibility index (Phi) is 13.0. The molecule has 0 aliphatic carbocycles. The maximum atomic E-state index is 12.0. The predicted molar refractivity (Wildman–Crippen MR) is 98.6 cm³/mol. The summed E-state index contributed by atoms with van der Waals surface area (Å²) in [6.45, 7) is 3.78. The number of carbonyl (C=O) groups is 1. The highest BCUT2D eigenvalue weighted by molar-refractivity contribution is 5.69. The van der Waals surface area contributed by atoms with Crippen LogP contribution in [0.5, 0.6) is 0 Å². The van der Waals surface area contributed by atoms with E-state index >= 15 is 0 Å². The molecule has 0 spiro atoms. The molecular formula is C21H38O2. The lowest BCUT2D eigenvalue weighted by molar-refractivity contribution is -0.150. The Balaban J connectivity index is 2.35. The average molecular weight is 323 g/mol. The molecule has 1 rings (SSSR count). The van der Waals surface area contributed by atoms with Gasteiger partial charge in [-0.15, -0.1) is 6.58 Å². The van der Waals surface area contributed by atoms with Gasteiger partial charge in [0.2, 0.25) is 0 Å². The molecule has 0 radical (unpaired) electrons. The van der Waals surface area contributed by atoms with Crippen LogP contribution in [0.25, 0.3) is 0 Å². The second-order valence-corrected chi connectivity index (χ2v) is 7.11. The molecule has 0 aromatic heterocycles. The van der Waals surface area contributed by atoms with Gasteiger partial charge in [0.25, 0.3) is 0 Å². The number of hydrogen-bond acceptors (Lipinski definition) is 2. The van der Waals surface area contributed by atoms with Gasteiger partial charge in [-0.3, -0.25) is 4.79 Å². The minimum Gasteiger partial charge on any atom is -0.462 e. The van der Waals surface area contributed by atoms with E-state index in [4.69, 9.17) is 4.74 Å². The van der Waals surface area contributed by atoms with Crippen LogP contribution in [0.4, 0.5) is 0 Å². The summed E-state index contributed by atoms with van der Waals surface area (Å²) in [5.41, 5.74) is 0. The number of cyclic esters (lactones) is 1. The van der Waals surface area contributed by atoms with Crippen LogP contribution in [0.1, 0.15) is 109 Å². The van der Waals surface area contributed by atoms with Crippen molar-refractivity contribution in [2.45, 2.75) is 115 Å². The summed E-state index contributed by atoms with van der Waals surface area (Å²) in [5, 5.41) is 0. The highest BCUT2D eigenvalue weighted by Crippen LogP contribution is 2.18. The van der Waals surface area contributed by atoms with Crippen molar-refractivity contribution < 1.29 is 9.53 Å². The number of esters is 1. The number of allylic oxidation sites excluding steroid dienone is 1. The molecule has 2 heteroatoms. The van der Waals surface area contributed by atoms with Crippen molar-refractivity contribution >= 4 is 5.97 Å². The fourth-order valence-electron chi connectivity index (χ4n) is 3.41. The summed E-state index contributed by atoms with van der Waals surface area (Å²) < 4.78 is 5.75. The van der Waals surface area contributed by atoms with Crippen molar-refractivity contribution in [2.24, 2.45) is 0 Å². The second kappa shape index (κ2) is 14.8. The van der Waals surface area contributed by atoms with Gasteiger partial charge in [-0.25, -0.2) is 0 Å². The fraction of sp³-hybridized carbons (Fsp3) is 0.857. The van der Waals surface area contributed by atoms with Crippen molar-refractivity contribution in [3.05, 3.63) is 12.7 Å². The highest BCUT2D eigenvalue weighted by atomic mass is 16.5. The van der Waals surface area contributed by atoms with E-state index in [1.54, 1.807) is 0 Å². The standard InChI is InChI=1S/C21H38O2/c1-2-3-14-17-20-18-15-12-10-8-6-4-5-7-9-11-13-16-19-21(22)23-20/h2,20H,1,3-19H2.